The van der Waals surface area contributed by atoms with Crippen LogP contribution in [-0.2, 0) is 19.1 Å². The Morgan fingerprint density at radius 2 is 1.75 bits per heavy atom. The number of benzene rings is 1. The van der Waals surface area contributed by atoms with E-state index >= 15 is 0 Å². The van der Waals surface area contributed by atoms with Crippen LogP contribution in [0.3, 0.4) is 0 Å². The maximum absolute atomic E-state index is 12.7. The second kappa shape index (κ2) is 9.14. The van der Waals surface area contributed by atoms with Crippen LogP contribution < -0.4 is 10.6 Å². The third kappa shape index (κ3) is 4.55. The molecule has 8 nitrogen and oxygen atoms in total. The molecule has 0 radical (unpaired) electrons. The summed E-state index contributed by atoms with van der Waals surface area (Å²) in [6, 6.07) is 7.23. The van der Waals surface area contributed by atoms with Gasteiger partial charge >= 0.3 is 17.8 Å². The Hall–Kier alpha value is -3.20. The normalized spacial score (nSPS) is 10.1. The van der Waals surface area contributed by atoms with Crippen molar-refractivity contribution < 1.29 is 28.7 Å². The van der Waals surface area contributed by atoms with E-state index in [-0.39, 0.29) is 22.0 Å². The van der Waals surface area contributed by atoms with Crippen molar-refractivity contribution in [1.29, 1.82) is 0 Å². The van der Waals surface area contributed by atoms with Crippen molar-refractivity contribution in [1.82, 2.24) is 0 Å². The molecule has 2 aromatic rings. The summed E-state index contributed by atoms with van der Waals surface area (Å²) in [5.74, 6) is -3.31. The molecule has 0 spiro atoms. The van der Waals surface area contributed by atoms with Gasteiger partial charge in [-0.1, -0.05) is 18.2 Å². The van der Waals surface area contributed by atoms with Crippen molar-refractivity contribution in [2.75, 3.05) is 24.4 Å². The molecule has 148 valence electrons. The maximum Gasteiger partial charge on any atom is 0.397 e. The minimum absolute atomic E-state index is 0.0140. The number of hydrogen-bond donors (Lipinski definition) is 2. The van der Waals surface area contributed by atoms with Crippen molar-refractivity contribution in [2.24, 2.45) is 0 Å². The van der Waals surface area contributed by atoms with Gasteiger partial charge in [0, 0.05) is 5.69 Å². The lowest BCUT2D eigenvalue weighted by molar-refractivity contribution is -0.152. The van der Waals surface area contributed by atoms with E-state index in [0.29, 0.717) is 11.3 Å². The monoisotopic (exact) mass is 404 g/mol. The Bertz CT molecular complexity index is 935. The van der Waals surface area contributed by atoms with E-state index in [1.54, 1.807) is 26.0 Å². The zero-order chi connectivity index (χ0) is 20.8. The lowest BCUT2D eigenvalue weighted by Crippen LogP contribution is -2.25. The highest BCUT2D eigenvalue weighted by atomic mass is 32.1. The second-order valence-corrected chi connectivity index (χ2v) is 6.72. The number of hydrogen-bond acceptors (Lipinski definition) is 7. The quantitative estimate of drug-likeness (QED) is 0.586. The number of amides is 2. The van der Waals surface area contributed by atoms with Gasteiger partial charge in [-0.15, -0.1) is 11.3 Å². The average Bonchev–Trinajstić information content (AvgIpc) is 2.99. The highest BCUT2D eigenvalue weighted by Gasteiger charge is 2.28. The molecule has 0 fully saturated rings. The van der Waals surface area contributed by atoms with Crippen LogP contribution in [0.1, 0.15) is 38.1 Å². The largest absolute Gasteiger partial charge is 0.465 e. The number of aryl methyl sites for hydroxylation is 1. The Kier molecular flexibility index (Phi) is 6.89. The summed E-state index contributed by atoms with van der Waals surface area (Å²) in [4.78, 5) is 48.6. The van der Waals surface area contributed by atoms with Crippen LogP contribution in [0.5, 0.6) is 0 Å². The summed E-state index contributed by atoms with van der Waals surface area (Å²) in [5, 5.41) is 5.14. The van der Waals surface area contributed by atoms with Gasteiger partial charge in [-0.05, 0) is 38.0 Å². The highest BCUT2D eigenvalue weighted by Crippen LogP contribution is 2.34. The molecule has 0 atom stereocenters. The Labute approximate surface area is 165 Å². The van der Waals surface area contributed by atoms with Gasteiger partial charge in [-0.3, -0.25) is 9.59 Å². The first-order valence-corrected chi connectivity index (χ1v) is 9.18. The molecule has 0 aliphatic heterocycles. The lowest BCUT2D eigenvalue weighted by atomic mass is 10.1. The molecular formula is C19H20N2O6S. The van der Waals surface area contributed by atoms with E-state index in [2.05, 4.69) is 15.4 Å². The zero-order valence-corrected chi connectivity index (χ0v) is 16.7. The third-order valence-electron chi connectivity index (χ3n) is 3.82. The number of rotatable bonds is 5. The number of para-hydroxylation sites is 1. The van der Waals surface area contributed by atoms with Gasteiger partial charge in [-0.25, -0.2) is 9.59 Å². The highest BCUT2D eigenvalue weighted by molar-refractivity contribution is 7.19. The molecule has 1 aromatic heterocycles. The van der Waals surface area contributed by atoms with Gasteiger partial charge < -0.3 is 20.1 Å². The van der Waals surface area contributed by atoms with Gasteiger partial charge in [0.1, 0.15) is 5.00 Å². The molecule has 0 aliphatic rings. The molecule has 1 heterocycles. The molecule has 0 saturated carbocycles. The van der Waals surface area contributed by atoms with E-state index in [1.165, 1.54) is 7.11 Å². The first-order valence-electron chi connectivity index (χ1n) is 8.36. The fraction of sp³-hybridized carbons (Fsp3) is 0.263. The van der Waals surface area contributed by atoms with Crippen LogP contribution in [-0.4, -0.2) is 37.5 Å². The van der Waals surface area contributed by atoms with Crippen LogP contribution in [0.25, 0.3) is 0 Å². The van der Waals surface area contributed by atoms with E-state index in [1.807, 2.05) is 19.1 Å². The Morgan fingerprint density at radius 3 is 2.36 bits per heavy atom. The van der Waals surface area contributed by atoms with Gasteiger partial charge in [0.05, 0.1) is 24.2 Å². The number of methoxy groups -OCH3 is 1. The molecule has 0 bridgehead atoms. The molecule has 28 heavy (non-hydrogen) atoms. The topological polar surface area (TPSA) is 111 Å². The van der Waals surface area contributed by atoms with Crippen molar-refractivity contribution >= 4 is 45.8 Å². The molecule has 0 saturated heterocycles. The molecular weight excluding hydrogens is 384 g/mol. The van der Waals surface area contributed by atoms with Crippen LogP contribution in [0.2, 0.25) is 0 Å². The van der Waals surface area contributed by atoms with Crippen molar-refractivity contribution in [3.8, 4) is 0 Å². The minimum atomic E-state index is -1.09. The zero-order valence-electron chi connectivity index (χ0n) is 15.9. The van der Waals surface area contributed by atoms with E-state index in [0.717, 1.165) is 16.9 Å². The number of anilines is 2. The first kappa shape index (κ1) is 21.1. The summed E-state index contributed by atoms with van der Waals surface area (Å²) in [7, 11) is 1.18. The summed E-state index contributed by atoms with van der Waals surface area (Å²) in [5.41, 5.74) is 1.84. The van der Waals surface area contributed by atoms with Crippen LogP contribution in [0, 0.1) is 13.8 Å². The summed E-state index contributed by atoms with van der Waals surface area (Å²) < 4.78 is 9.38. The van der Waals surface area contributed by atoms with Gasteiger partial charge in [0.2, 0.25) is 0 Å². The lowest BCUT2D eigenvalue weighted by Gasteiger charge is -2.07. The van der Waals surface area contributed by atoms with E-state index in [9.17, 15) is 19.2 Å². The van der Waals surface area contributed by atoms with Gasteiger partial charge in [0.25, 0.3) is 5.91 Å². The second-order valence-electron chi connectivity index (χ2n) is 5.70. The van der Waals surface area contributed by atoms with Crippen molar-refractivity contribution in [3.05, 3.63) is 45.8 Å². The molecule has 2 amide bonds. The standard InChI is InChI=1S/C19H20N2O6S/c1-5-27-19(25)16(23)21-17-13(18(24)26-4)11(3)14(28-17)15(22)20-12-9-7-6-8-10(12)2/h6-9H,5H2,1-4H3,(H,20,22)(H,21,23). The molecule has 1 aromatic carbocycles. The Morgan fingerprint density at radius 1 is 1.07 bits per heavy atom. The maximum atomic E-state index is 12.7. The predicted octanol–water partition coefficient (Wildman–Crippen LogP) is 2.91. The van der Waals surface area contributed by atoms with E-state index in [4.69, 9.17) is 4.74 Å². The summed E-state index contributed by atoms with van der Waals surface area (Å²) in [6.45, 7) is 5.01. The number of carbonyl (C=O) groups is 4. The molecule has 9 heteroatoms. The number of ether oxygens (including phenoxy) is 2. The molecule has 2 N–H and O–H groups in total. The predicted molar refractivity (Wildman–Crippen MR) is 105 cm³/mol. The summed E-state index contributed by atoms with van der Waals surface area (Å²) >= 11 is 0.874. The number of esters is 2. The third-order valence-corrected chi connectivity index (χ3v) is 5.03. The molecule has 0 aliphatic carbocycles. The van der Waals surface area contributed by atoms with Gasteiger partial charge in [0.15, 0.2) is 0 Å². The number of nitrogens with one attached hydrogen (secondary N) is 2. The van der Waals surface area contributed by atoms with Crippen LogP contribution in [0.15, 0.2) is 24.3 Å². The molecule has 0 unspecified atom stereocenters. The Balaban J connectivity index is 2.38. The average molecular weight is 404 g/mol. The SMILES string of the molecule is CCOC(=O)C(=O)Nc1sc(C(=O)Nc2ccccc2C)c(C)c1C(=O)OC. The smallest absolute Gasteiger partial charge is 0.397 e. The number of carbonyl (C=O) groups excluding carboxylic acids is 4. The van der Waals surface area contributed by atoms with Crippen molar-refractivity contribution in [3.63, 3.8) is 0 Å². The fourth-order valence-electron chi connectivity index (χ4n) is 2.41. The fourth-order valence-corrected chi connectivity index (χ4v) is 3.49. The first-order chi connectivity index (χ1) is 13.3. The summed E-state index contributed by atoms with van der Waals surface area (Å²) in [6.07, 6.45) is 0. The minimum Gasteiger partial charge on any atom is -0.465 e. The van der Waals surface area contributed by atoms with Crippen LogP contribution >= 0.6 is 11.3 Å². The van der Waals surface area contributed by atoms with Crippen molar-refractivity contribution in [2.45, 2.75) is 20.8 Å². The van der Waals surface area contributed by atoms with E-state index < -0.39 is 23.8 Å². The van der Waals surface area contributed by atoms with Gasteiger partial charge in [-0.2, -0.15) is 0 Å². The molecule has 2 rings (SSSR count). The van der Waals surface area contributed by atoms with Crippen LogP contribution in [0.4, 0.5) is 10.7 Å². The number of thiophene rings is 1.